The Morgan fingerprint density at radius 2 is 2.41 bits per heavy atom. The first-order chi connectivity index (χ1) is 8.33. The molecule has 0 saturated carbocycles. The van der Waals surface area contributed by atoms with Crippen LogP contribution in [0.4, 0.5) is 0 Å². The van der Waals surface area contributed by atoms with E-state index in [2.05, 4.69) is 40.2 Å². The molecule has 1 N–H and O–H groups in total. The Balaban J connectivity index is 1.80. The molecule has 0 radical (unpaired) electrons. The second kappa shape index (κ2) is 4.86. The molecule has 5 heteroatoms. The van der Waals surface area contributed by atoms with Gasteiger partial charge in [-0.25, -0.2) is 4.98 Å². The number of nitrogens with zero attached hydrogens (tertiary/aromatic N) is 2. The van der Waals surface area contributed by atoms with Crippen molar-refractivity contribution >= 4 is 22.7 Å². The number of rotatable bonds is 2. The average Bonchev–Trinajstić information content (AvgIpc) is 3.00. The molecule has 0 aromatic carbocycles. The predicted molar refractivity (Wildman–Crippen MR) is 73.7 cm³/mol. The molecular weight excluding hydrogens is 250 g/mol. The van der Waals surface area contributed by atoms with Crippen LogP contribution >= 0.6 is 22.7 Å². The maximum absolute atomic E-state index is 4.75. The minimum atomic E-state index is 0.388. The van der Waals surface area contributed by atoms with E-state index in [1.54, 1.807) is 22.7 Å². The second-order valence-electron chi connectivity index (χ2n) is 4.32. The molecule has 1 aliphatic heterocycles. The van der Waals surface area contributed by atoms with Crippen molar-refractivity contribution in [2.75, 3.05) is 26.7 Å². The molecule has 1 unspecified atom stereocenters. The van der Waals surface area contributed by atoms with Gasteiger partial charge in [0.2, 0.25) is 0 Å². The monoisotopic (exact) mass is 265 g/mol. The summed E-state index contributed by atoms with van der Waals surface area (Å²) in [6, 6.07) is 4.60. The molecular formula is C12H15N3S2. The maximum Gasteiger partial charge on any atom is 0.133 e. The minimum Gasteiger partial charge on any atom is -0.306 e. The van der Waals surface area contributed by atoms with Crippen molar-refractivity contribution in [3.05, 3.63) is 28.6 Å². The highest BCUT2D eigenvalue weighted by molar-refractivity contribution is 7.20. The number of thiophene rings is 1. The van der Waals surface area contributed by atoms with E-state index in [0.717, 1.165) is 24.6 Å². The van der Waals surface area contributed by atoms with Gasteiger partial charge in [0.25, 0.3) is 0 Å². The van der Waals surface area contributed by atoms with Gasteiger partial charge in [-0.15, -0.1) is 22.7 Å². The van der Waals surface area contributed by atoms with Crippen LogP contribution in [0, 0.1) is 0 Å². The summed E-state index contributed by atoms with van der Waals surface area (Å²) in [4.78, 5) is 8.37. The van der Waals surface area contributed by atoms with Crippen molar-refractivity contribution in [2.45, 2.75) is 6.04 Å². The van der Waals surface area contributed by atoms with Crippen molar-refractivity contribution in [3.8, 4) is 9.88 Å². The van der Waals surface area contributed by atoms with E-state index < -0.39 is 0 Å². The Hall–Kier alpha value is -0.750. The molecule has 2 aromatic heterocycles. The second-order valence-corrected chi connectivity index (χ2v) is 6.13. The number of hydrogen-bond acceptors (Lipinski definition) is 5. The van der Waals surface area contributed by atoms with Crippen molar-refractivity contribution in [1.82, 2.24) is 15.2 Å². The highest BCUT2D eigenvalue weighted by atomic mass is 32.1. The summed E-state index contributed by atoms with van der Waals surface area (Å²) in [6.45, 7) is 3.22. The Labute approximate surface area is 109 Å². The number of hydrogen-bond donors (Lipinski definition) is 1. The summed E-state index contributed by atoms with van der Waals surface area (Å²) >= 11 is 3.50. The topological polar surface area (TPSA) is 28.2 Å². The molecule has 3 heterocycles. The molecule has 1 fully saturated rings. The van der Waals surface area contributed by atoms with Gasteiger partial charge in [0.15, 0.2) is 0 Å². The predicted octanol–water partition coefficient (Wildman–Crippen LogP) is 2.45. The maximum atomic E-state index is 4.75. The lowest BCUT2D eigenvalue weighted by Crippen LogP contribution is -2.43. The zero-order valence-corrected chi connectivity index (χ0v) is 11.4. The number of thiazole rings is 1. The highest BCUT2D eigenvalue weighted by Crippen LogP contribution is 2.30. The quantitative estimate of drug-likeness (QED) is 0.904. The van der Waals surface area contributed by atoms with E-state index in [1.165, 1.54) is 10.6 Å². The third-order valence-corrected chi connectivity index (χ3v) is 4.89. The molecule has 3 rings (SSSR count). The lowest BCUT2D eigenvalue weighted by molar-refractivity contribution is 0.238. The molecule has 17 heavy (non-hydrogen) atoms. The van der Waals surface area contributed by atoms with Gasteiger partial charge < -0.3 is 10.2 Å². The molecule has 1 saturated heterocycles. The minimum absolute atomic E-state index is 0.388. The molecule has 0 spiro atoms. The Bertz CT molecular complexity index is 478. The average molecular weight is 265 g/mol. The largest absolute Gasteiger partial charge is 0.306 e. The SMILES string of the molecule is CN1CCNC(c2csc(-c3cccs3)n2)C1. The van der Waals surface area contributed by atoms with E-state index in [-0.39, 0.29) is 0 Å². The first kappa shape index (κ1) is 11.3. The highest BCUT2D eigenvalue weighted by Gasteiger charge is 2.20. The Morgan fingerprint density at radius 3 is 3.18 bits per heavy atom. The summed E-state index contributed by atoms with van der Waals surface area (Å²) in [5.41, 5.74) is 1.19. The van der Waals surface area contributed by atoms with E-state index in [9.17, 15) is 0 Å². The Morgan fingerprint density at radius 1 is 1.47 bits per heavy atom. The first-order valence-corrected chi connectivity index (χ1v) is 7.50. The van der Waals surface area contributed by atoms with Gasteiger partial charge in [0.05, 0.1) is 16.6 Å². The van der Waals surface area contributed by atoms with Crippen LogP contribution < -0.4 is 5.32 Å². The molecule has 0 aliphatic carbocycles. The Kier molecular flexibility index (Phi) is 3.24. The van der Waals surface area contributed by atoms with Crippen LogP contribution in [0.1, 0.15) is 11.7 Å². The lowest BCUT2D eigenvalue weighted by atomic mass is 10.2. The van der Waals surface area contributed by atoms with Crippen LogP contribution in [0.2, 0.25) is 0 Å². The van der Waals surface area contributed by atoms with E-state index >= 15 is 0 Å². The van der Waals surface area contributed by atoms with Gasteiger partial charge in [0, 0.05) is 25.0 Å². The summed E-state index contributed by atoms with van der Waals surface area (Å²) in [5, 5.41) is 8.96. The van der Waals surface area contributed by atoms with Gasteiger partial charge >= 0.3 is 0 Å². The van der Waals surface area contributed by atoms with Crippen LogP contribution in [-0.4, -0.2) is 36.6 Å². The number of likely N-dealkylation sites (N-methyl/N-ethyl adjacent to an activating group) is 1. The summed E-state index contributed by atoms with van der Waals surface area (Å²) < 4.78 is 0. The van der Waals surface area contributed by atoms with Crippen molar-refractivity contribution < 1.29 is 0 Å². The fraction of sp³-hybridized carbons (Fsp3) is 0.417. The third-order valence-electron chi connectivity index (χ3n) is 2.99. The van der Waals surface area contributed by atoms with Crippen molar-refractivity contribution in [2.24, 2.45) is 0 Å². The van der Waals surface area contributed by atoms with E-state index in [1.807, 2.05) is 0 Å². The standard InChI is InChI=1S/C12H15N3S2/c1-15-5-4-13-9(7-15)10-8-17-12(14-10)11-3-2-6-16-11/h2-3,6,8-9,13H,4-5,7H2,1H3. The smallest absolute Gasteiger partial charge is 0.133 e. The fourth-order valence-corrected chi connectivity index (χ4v) is 3.74. The molecule has 2 aromatic rings. The first-order valence-electron chi connectivity index (χ1n) is 5.74. The van der Waals surface area contributed by atoms with Crippen LogP contribution in [0.5, 0.6) is 0 Å². The molecule has 90 valence electrons. The number of piperazine rings is 1. The normalized spacial score (nSPS) is 21.8. The molecule has 1 aliphatic rings. The van der Waals surface area contributed by atoms with Crippen molar-refractivity contribution in [3.63, 3.8) is 0 Å². The fourth-order valence-electron chi connectivity index (χ4n) is 2.05. The van der Waals surface area contributed by atoms with E-state index in [4.69, 9.17) is 4.98 Å². The van der Waals surface area contributed by atoms with E-state index in [0.29, 0.717) is 6.04 Å². The van der Waals surface area contributed by atoms with Crippen molar-refractivity contribution in [1.29, 1.82) is 0 Å². The summed E-state index contributed by atoms with van der Waals surface area (Å²) in [6.07, 6.45) is 0. The van der Waals surface area contributed by atoms with Crippen LogP contribution in [-0.2, 0) is 0 Å². The van der Waals surface area contributed by atoms with Crippen LogP contribution in [0.15, 0.2) is 22.9 Å². The molecule has 1 atom stereocenters. The summed E-state index contributed by atoms with van der Waals surface area (Å²) in [7, 11) is 2.17. The zero-order chi connectivity index (χ0) is 11.7. The lowest BCUT2D eigenvalue weighted by Gasteiger charge is -2.29. The van der Waals surface area contributed by atoms with Crippen LogP contribution in [0.3, 0.4) is 0 Å². The molecule has 0 amide bonds. The molecule has 0 bridgehead atoms. The van der Waals surface area contributed by atoms with Gasteiger partial charge in [-0.1, -0.05) is 6.07 Å². The molecule has 3 nitrogen and oxygen atoms in total. The van der Waals surface area contributed by atoms with Gasteiger partial charge in [-0.3, -0.25) is 0 Å². The van der Waals surface area contributed by atoms with Gasteiger partial charge in [0.1, 0.15) is 5.01 Å². The number of aromatic nitrogens is 1. The number of nitrogens with one attached hydrogen (secondary N) is 1. The third kappa shape index (κ3) is 2.42. The zero-order valence-electron chi connectivity index (χ0n) is 9.72. The van der Waals surface area contributed by atoms with Gasteiger partial charge in [-0.05, 0) is 18.5 Å². The summed E-state index contributed by atoms with van der Waals surface area (Å²) in [5.74, 6) is 0. The van der Waals surface area contributed by atoms with Crippen LogP contribution in [0.25, 0.3) is 9.88 Å². The van der Waals surface area contributed by atoms with Gasteiger partial charge in [-0.2, -0.15) is 0 Å².